The van der Waals surface area contributed by atoms with Crippen LogP contribution in [0.5, 0.6) is 0 Å². The molecule has 2 heteroatoms. The van der Waals surface area contributed by atoms with Gasteiger partial charge in [-0.25, -0.2) is 0 Å². The van der Waals surface area contributed by atoms with Crippen molar-refractivity contribution in [3.63, 3.8) is 0 Å². The number of hydrogen-bond donors (Lipinski definition) is 0. The lowest BCUT2D eigenvalue weighted by atomic mass is 9.74. The molecule has 0 saturated heterocycles. The summed E-state index contributed by atoms with van der Waals surface area (Å²) in [4.78, 5) is 2.42. The smallest absolute Gasteiger partial charge is 0.137 e. The van der Waals surface area contributed by atoms with Crippen LogP contribution in [-0.4, -0.2) is 0 Å². The van der Waals surface area contributed by atoms with Crippen molar-refractivity contribution in [2.75, 3.05) is 4.90 Å². The van der Waals surface area contributed by atoms with Crippen LogP contribution in [0.1, 0.15) is 23.6 Å². The highest BCUT2D eigenvalue weighted by molar-refractivity contribution is 6.14. The quantitative estimate of drug-likeness (QED) is 0.176. The molecule has 246 valence electrons. The molecule has 0 aliphatic heterocycles. The predicted molar refractivity (Wildman–Crippen MR) is 217 cm³/mol. The van der Waals surface area contributed by atoms with E-state index in [0.717, 1.165) is 39.0 Å². The summed E-state index contributed by atoms with van der Waals surface area (Å²) in [6.45, 7) is 2.38. The number of fused-ring (bicyclic) bond motifs is 6. The van der Waals surface area contributed by atoms with Crippen molar-refractivity contribution in [3.05, 3.63) is 211 Å². The van der Waals surface area contributed by atoms with Gasteiger partial charge in [0.2, 0.25) is 0 Å². The maximum Gasteiger partial charge on any atom is 0.137 e. The number of anilines is 3. The van der Waals surface area contributed by atoms with Gasteiger partial charge >= 0.3 is 0 Å². The molecule has 1 aliphatic rings. The summed E-state index contributed by atoms with van der Waals surface area (Å²) in [6.07, 6.45) is 0. The lowest BCUT2D eigenvalue weighted by Gasteiger charge is -2.32. The Hall–Kier alpha value is -6.64. The Balaban J connectivity index is 1.26. The second-order valence-corrected chi connectivity index (χ2v) is 13.8. The number of hydrogen-bond acceptors (Lipinski definition) is 2. The molecule has 10 rings (SSSR count). The minimum atomic E-state index is -0.399. The van der Waals surface area contributed by atoms with Crippen molar-refractivity contribution in [2.24, 2.45) is 0 Å². The minimum Gasteiger partial charge on any atom is -0.456 e. The van der Waals surface area contributed by atoms with E-state index in [9.17, 15) is 0 Å². The molecule has 1 aliphatic carbocycles. The van der Waals surface area contributed by atoms with Crippen molar-refractivity contribution in [1.29, 1.82) is 0 Å². The number of furan rings is 1. The van der Waals surface area contributed by atoms with E-state index in [1.54, 1.807) is 0 Å². The Morgan fingerprint density at radius 2 is 0.981 bits per heavy atom. The molecule has 2 nitrogen and oxygen atoms in total. The van der Waals surface area contributed by atoms with Crippen LogP contribution in [0.2, 0.25) is 0 Å². The Labute approximate surface area is 303 Å². The number of nitrogens with zero attached hydrogens (tertiary/aromatic N) is 1. The van der Waals surface area contributed by atoms with Crippen LogP contribution in [0, 0.1) is 0 Å². The summed E-state index contributed by atoms with van der Waals surface area (Å²) >= 11 is 0. The first kappa shape index (κ1) is 30.2. The van der Waals surface area contributed by atoms with Crippen molar-refractivity contribution >= 4 is 39.0 Å². The monoisotopic (exact) mass is 665 g/mol. The number of benzene rings is 8. The van der Waals surface area contributed by atoms with Crippen LogP contribution < -0.4 is 4.90 Å². The largest absolute Gasteiger partial charge is 0.456 e. The SMILES string of the molecule is CC1(c2cc(N(c3ccc(-c4ccccc4)cc3)c3cccc(-c4ccccc4)c3)c3c(c2)oc2ccccc23)c2ccccc2-c2ccccc21. The van der Waals surface area contributed by atoms with E-state index in [2.05, 4.69) is 206 Å². The fraction of sp³-hybridized carbons (Fsp3) is 0.0400. The summed E-state index contributed by atoms with van der Waals surface area (Å²) in [6, 6.07) is 69.9. The van der Waals surface area contributed by atoms with Crippen molar-refractivity contribution < 1.29 is 4.42 Å². The third-order valence-electron chi connectivity index (χ3n) is 10.9. The lowest BCUT2D eigenvalue weighted by molar-refractivity contribution is 0.662. The molecular formula is C50H35NO. The van der Waals surface area contributed by atoms with Crippen LogP contribution in [-0.2, 0) is 5.41 Å². The highest BCUT2D eigenvalue weighted by Gasteiger charge is 2.41. The molecule has 9 aromatic rings. The molecule has 0 atom stereocenters. The summed E-state index contributed by atoms with van der Waals surface area (Å²) in [5, 5.41) is 2.20. The van der Waals surface area contributed by atoms with Gasteiger partial charge in [-0.2, -0.15) is 0 Å². The molecule has 0 spiro atoms. The standard InChI is InChI=1S/C50H35NO/c1-50(44-24-11-8-21-41(44)42-22-9-12-25-45(42)50)38-32-46(49-43-23-10-13-26-47(43)52-48(49)33-38)51(39-29-27-36(28-30-39)34-15-4-2-5-16-34)40-20-14-19-37(31-40)35-17-6-3-7-18-35/h2-33H,1H3. The van der Waals surface area contributed by atoms with Crippen LogP contribution in [0.4, 0.5) is 17.1 Å². The molecule has 0 amide bonds. The maximum atomic E-state index is 6.78. The van der Waals surface area contributed by atoms with Gasteiger partial charge in [-0.1, -0.05) is 152 Å². The molecule has 0 N–H and O–H groups in total. The first-order valence-electron chi connectivity index (χ1n) is 17.9. The zero-order valence-corrected chi connectivity index (χ0v) is 28.8. The lowest BCUT2D eigenvalue weighted by Crippen LogP contribution is -2.23. The van der Waals surface area contributed by atoms with E-state index < -0.39 is 5.41 Å². The molecule has 0 radical (unpaired) electrons. The van der Waals surface area contributed by atoms with Gasteiger partial charge < -0.3 is 9.32 Å². The number of rotatable bonds is 6. The minimum absolute atomic E-state index is 0.399. The van der Waals surface area contributed by atoms with Crippen molar-refractivity contribution in [2.45, 2.75) is 12.3 Å². The average molecular weight is 666 g/mol. The summed E-state index contributed by atoms with van der Waals surface area (Å²) in [7, 11) is 0. The van der Waals surface area contributed by atoms with E-state index in [1.807, 2.05) is 0 Å². The van der Waals surface area contributed by atoms with Gasteiger partial charge in [0, 0.05) is 22.2 Å². The predicted octanol–water partition coefficient (Wildman–Crippen LogP) is 13.7. The third-order valence-corrected chi connectivity index (χ3v) is 10.9. The van der Waals surface area contributed by atoms with Crippen LogP contribution in [0.3, 0.4) is 0 Å². The van der Waals surface area contributed by atoms with E-state index in [4.69, 9.17) is 4.42 Å². The van der Waals surface area contributed by atoms with Crippen LogP contribution >= 0.6 is 0 Å². The normalized spacial score (nSPS) is 12.9. The van der Waals surface area contributed by atoms with E-state index in [1.165, 1.54) is 50.1 Å². The van der Waals surface area contributed by atoms with Crippen LogP contribution in [0.25, 0.3) is 55.3 Å². The topological polar surface area (TPSA) is 16.4 Å². The van der Waals surface area contributed by atoms with E-state index in [0.29, 0.717) is 0 Å². The molecule has 0 saturated carbocycles. The average Bonchev–Trinajstić information content (AvgIpc) is 3.73. The Morgan fingerprint density at radius 1 is 0.423 bits per heavy atom. The van der Waals surface area contributed by atoms with Gasteiger partial charge in [0.1, 0.15) is 11.2 Å². The summed E-state index contributed by atoms with van der Waals surface area (Å²) in [5.41, 5.74) is 15.7. The van der Waals surface area contributed by atoms with Gasteiger partial charge in [-0.05, 0) is 99.5 Å². The van der Waals surface area contributed by atoms with Gasteiger partial charge in [-0.3, -0.25) is 0 Å². The molecule has 52 heavy (non-hydrogen) atoms. The first-order chi connectivity index (χ1) is 25.7. The maximum absolute atomic E-state index is 6.78. The van der Waals surface area contributed by atoms with Gasteiger partial charge in [0.05, 0.1) is 11.1 Å². The molecule has 1 aromatic heterocycles. The summed E-state index contributed by atoms with van der Waals surface area (Å²) < 4.78 is 6.78. The first-order valence-corrected chi connectivity index (χ1v) is 17.9. The van der Waals surface area contributed by atoms with Crippen molar-refractivity contribution in [1.82, 2.24) is 0 Å². The van der Waals surface area contributed by atoms with Gasteiger partial charge in [0.25, 0.3) is 0 Å². The highest BCUT2D eigenvalue weighted by atomic mass is 16.3. The van der Waals surface area contributed by atoms with Crippen LogP contribution in [0.15, 0.2) is 199 Å². The second kappa shape index (κ2) is 12.0. The van der Waals surface area contributed by atoms with Gasteiger partial charge in [-0.15, -0.1) is 0 Å². The Bertz CT molecular complexity index is 2700. The molecule has 0 unspecified atom stereocenters. The van der Waals surface area contributed by atoms with E-state index in [-0.39, 0.29) is 0 Å². The molecule has 1 heterocycles. The second-order valence-electron chi connectivity index (χ2n) is 13.8. The highest BCUT2D eigenvalue weighted by Crippen LogP contribution is 2.54. The van der Waals surface area contributed by atoms with E-state index >= 15 is 0 Å². The molecular weight excluding hydrogens is 631 g/mol. The zero-order valence-electron chi connectivity index (χ0n) is 28.8. The molecule has 0 fully saturated rings. The Kier molecular flexibility index (Phi) is 6.97. The molecule has 0 bridgehead atoms. The number of para-hydroxylation sites is 1. The third kappa shape index (κ3) is 4.72. The Morgan fingerprint density at radius 3 is 1.67 bits per heavy atom. The fourth-order valence-electron chi connectivity index (χ4n) is 8.38. The summed E-state index contributed by atoms with van der Waals surface area (Å²) in [5.74, 6) is 0. The molecule has 8 aromatic carbocycles. The van der Waals surface area contributed by atoms with Crippen molar-refractivity contribution in [3.8, 4) is 33.4 Å². The van der Waals surface area contributed by atoms with Gasteiger partial charge in [0.15, 0.2) is 0 Å². The fourth-order valence-corrected chi connectivity index (χ4v) is 8.38. The zero-order chi connectivity index (χ0) is 34.6.